The third-order valence-corrected chi connectivity index (χ3v) is 6.73. The lowest BCUT2D eigenvalue weighted by Gasteiger charge is -2.22. The van der Waals surface area contributed by atoms with E-state index in [-0.39, 0.29) is 11.9 Å². The van der Waals surface area contributed by atoms with Crippen LogP contribution in [-0.4, -0.2) is 54.4 Å². The van der Waals surface area contributed by atoms with Crippen LogP contribution < -0.4 is 0 Å². The number of cyclic esters (lactones) is 1. The lowest BCUT2D eigenvalue weighted by atomic mass is 9.99. The highest BCUT2D eigenvalue weighted by molar-refractivity contribution is 5.93. The van der Waals surface area contributed by atoms with Crippen LogP contribution in [0.1, 0.15) is 54.1 Å². The number of hydrogen-bond acceptors (Lipinski definition) is 5. The van der Waals surface area contributed by atoms with Crippen molar-refractivity contribution in [3.05, 3.63) is 69.8 Å². The molecule has 0 aromatic heterocycles. The summed E-state index contributed by atoms with van der Waals surface area (Å²) in [7, 11) is 0. The second-order valence-corrected chi connectivity index (χ2v) is 9.03. The number of fused-ring (bicyclic) bond motifs is 1. The van der Waals surface area contributed by atoms with E-state index in [9.17, 15) is 14.9 Å². The van der Waals surface area contributed by atoms with Crippen molar-refractivity contribution >= 4 is 11.9 Å². The van der Waals surface area contributed by atoms with Crippen molar-refractivity contribution in [1.29, 1.82) is 5.26 Å². The van der Waals surface area contributed by atoms with Gasteiger partial charge in [-0.15, -0.1) is 0 Å². The predicted molar refractivity (Wildman–Crippen MR) is 126 cm³/mol. The van der Waals surface area contributed by atoms with Gasteiger partial charge < -0.3 is 14.5 Å². The van der Waals surface area contributed by atoms with Crippen molar-refractivity contribution < 1.29 is 14.3 Å². The van der Waals surface area contributed by atoms with Gasteiger partial charge in [0.2, 0.25) is 5.91 Å². The van der Waals surface area contributed by atoms with Crippen LogP contribution in [0.15, 0.2) is 53.1 Å². The topological polar surface area (TPSA) is 73.6 Å². The van der Waals surface area contributed by atoms with E-state index in [0.29, 0.717) is 18.6 Å². The van der Waals surface area contributed by atoms with E-state index >= 15 is 0 Å². The van der Waals surface area contributed by atoms with E-state index in [1.807, 2.05) is 30.0 Å². The van der Waals surface area contributed by atoms with Crippen molar-refractivity contribution in [3.63, 3.8) is 0 Å². The average molecular weight is 446 g/mol. The lowest BCUT2D eigenvalue weighted by molar-refractivity contribution is -0.130. The highest BCUT2D eigenvalue weighted by atomic mass is 16.5. The molecule has 2 heterocycles. The molecule has 0 bridgehead atoms. The Balaban J connectivity index is 1.27. The van der Waals surface area contributed by atoms with Crippen molar-refractivity contribution in [2.75, 3.05) is 32.7 Å². The van der Waals surface area contributed by atoms with Crippen LogP contribution in [0, 0.1) is 11.3 Å². The van der Waals surface area contributed by atoms with Crippen LogP contribution in [0.2, 0.25) is 0 Å². The van der Waals surface area contributed by atoms with Crippen LogP contribution in [0.25, 0.3) is 0 Å². The van der Waals surface area contributed by atoms with Gasteiger partial charge in [0.1, 0.15) is 6.61 Å². The number of allylic oxidation sites excluding steroid dienone is 5. The number of carbonyl (C=O) groups excluding carboxylic acids is 2. The molecule has 0 unspecified atom stereocenters. The monoisotopic (exact) mass is 445 g/mol. The molecule has 0 radical (unpaired) electrons. The maximum atomic E-state index is 12.9. The van der Waals surface area contributed by atoms with Gasteiger partial charge in [-0.1, -0.05) is 35.4 Å². The van der Waals surface area contributed by atoms with E-state index in [0.717, 1.165) is 80.7 Å². The van der Waals surface area contributed by atoms with E-state index in [1.165, 1.54) is 5.57 Å². The number of benzene rings is 1. The van der Waals surface area contributed by atoms with Gasteiger partial charge in [-0.3, -0.25) is 4.79 Å². The van der Waals surface area contributed by atoms with Gasteiger partial charge in [-0.05, 0) is 56.9 Å². The van der Waals surface area contributed by atoms with Gasteiger partial charge in [0, 0.05) is 31.7 Å². The largest absolute Gasteiger partial charge is 0.457 e. The van der Waals surface area contributed by atoms with Crippen molar-refractivity contribution in [3.8, 4) is 6.07 Å². The fourth-order valence-corrected chi connectivity index (χ4v) is 4.64. The Morgan fingerprint density at radius 1 is 1.18 bits per heavy atom. The van der Waals surface area contributed by atoms with Gasteiger partial charge in [0.05, 0.1) is 23.6 Å². The Morgan fingerprint density at radius 2 is 2.06 bits per heavy atom. The summed E-state index contributed by atoms with van der Waals surface area (Å²) in [5.74, 6) is -0.142. The number of rotatable bonds is 5. The fourth-order valence-electron chi connectivity index (χ4n) is 4.64. The van der Waals surface area contributed by atoms with Crippen molar-refractivity contribution in [1.82, 2.24) is 9.80 Å². The number of ether oxygens (including phenoxy) is 1. The number of nitriles is 1. The van der Waals surface area contributed by atoms with E-state index in [1.54, 1.807) is 6.07 Å². The van der Waals surface area contributed by atoms with E-state index in [2.05, 4.69) is 23.1 Å². The maximum Gasteiger partial charge on any atom is 0.338 e. The quantitative estimate of drug-likeness (QED) is 0.642. The van der Waals surface area contributed by atoms with Gasteiger partial charge in [-0.2, -0.15) is 5.26 Å². The SMILES string of the molecule is C/C1=C(C#N)/C=C\C(CCN2CCCN(C(=O)Cc3ccc4c(c3)COC4=O)CC2)=C/CC1. The Hall–Kier alpha value is -3.17. The Morgan fingerprint density at radius 3 is 2.91 bits per heavy atom. The minimum atomic E-state index is -0.279. The molecule has 1 saturated heterocycles. The molecule has 1 fully saturated rings. The number of esters is 1. The summed E-state index contributed by atoms with van der Waals surface area (Å²) < 4.78 is 5.06. The van der Waals surface area contributed by atoms with E-state index in [4.69, 9.17) is 4.74 Å². The van der Waals surface area contributed by atoms with Crippen molar-refractivity contribution in [2.45, 2.75) is 45.6 Å². The highest BCUT2D eigenvalue weighted by Gasteiger charge is 2.23. The average Bonchev–Trinajstić information content (AvgIpc) is 3.01. The predicted octanol–water partition coefficient (Wildman–Crippen LogP) is 3.94. The third-order valence-electron chi connectivity index (χ3n) is 6.73. The van der Waals surface area contributed by atoms with Gasteiger partial charge in [0.15, 0.2) is 0 Å². The number of nitrogens with zero attached hydrogens (tertiary/aromatic N) is 3. The van der Waals surface area contributed by atoms with Crippen LogP contribution in [0.3, 0.4) is 0 Å². The molecule has 1 aliphatic carbocycles. The number of hydrogen-bond donors (Lipinski definition) is 0. The molecule has 0 atom stereocenters. The molecular formula is C27H31N3O3. The minimum absolute atomic E-state index is 0.138. The number of amides is 1. The minimum Gasteiger partial charge on any atom is -0.457 e. The first-order chi connectivity index (χ1) is 16.0. The zero-order valence-corrected chi connectivity index (χ0v) is 19.3. The van der Waals surface area contributed by atoms with Crippen LogP contribution in [-0.2, 0) is 22.6 Å². The molecule has 1 amide bonds. The Kier molecular flexibility index (Phi) is 7.41. The molecule has 6 heteroatoms. The summed E-state index contributed by atoms with van der Waals surface area (Å²) in [5.41, 5.74) is 5.64. The molecule has 1 aromatic rings. The lowest BCUT2D eigenvalue weighted by Crippen LogP contribution is -2.36. The summed E-state index contributed by atoms with van der Waals surface area (Å²) in [5, 5.41) is 9.31. The molecule has 33 heavy (non-hydrogen) atoms. The molecule has 3 aliphatic rings. The summed E-state index contributed by atoms with van der Waals surface area (Å²) in [6.45, 7) is 6.67. The van der Waals surface area contributed by atoms with Crippen LogP contribution >= 0.6 is 0 Å². The molecule has 4 rings (SSSR count). The van der Waals surface area contributed by atoms with E-state index < -0.39 is 0 Å². The van der Waals surface area contributed by atoms with Crippen LogP contribution in [0.4, 0.5) is 0 Å². The standard InChI is InChI=1S/C27H31N3O3/c1-20-4-2-5-21(6-8-23(20)18-28)10-13-29-11-3-12-30(15-14-29)26(31)17-22-7-9-25-24(16-22)19-33-27(25)32/h5-9,16H,2-4,10-15,17,19H2,1H3/b8-6-,21-5+,23-20+. The normalized spacial score (nSPS) is 23.9. The van der Waals surface area contributed by atoms with Crippen molar-refractivity contribution in [2.24, 2.45) is 0 Å². The summed E-state index contributed by atoms with van der Waals surface area (Å²) in [4.78, 5) is 28.9. The first-order valence-corrected chi connectivity index (χ1v) is 11.8. The molecule has 172 valence electrons. The third kappa shape index (κ3) is 5.80. The van der Waals surface area contributed by atoms with Gasteiger partial charge in [0.25, 0.3) is 0 Å². The highest BCUT2D eigenvalue weighted by Crippen LogP contribution is 2.22. The van der Waals surface area contributed by atoms with Gasteiger partial charge >= 0.3 is 5.97 Å². The van der Waals surface area contributed by atoms with Gasteiger partial charge in [-0.25, -0.2) is 4.79 Å². The summed E-state index contributed by atoms with van der Waals surface area (Å²) in [6, 6.07) is 7.85. The Labute approximate surface area is 195 Å². The first-order valence-electron chi connectivity index (χ1n) is 11.8. The second-order valence-electron chi connectivity index (χ2n) is 9.03. The second kappa shape index (κ2) is 10.6. The molecule has 6 nitrogen and oxygen atoms in total. The summed E-state index contributed by atoms with van der Waals surface area (Å²) in [6.07, 6.45) is 10.5. The first kappa shape index (κ1) is 23.0. The molecule has 0 saturated carbocycles. The fraction of sp³-hybridized carbons (Fsp3) is 0.444. The zero-order valence-electron chi connectivity index (χ0n) is 19.3. The maximum absolute atomic E-state index is 12.9. The number of carbonyl (C=O) groups is 2. The molecule has 0 spiro atoms. The summed E-state index contributed by atoms with van der Waals surface area (Å²) >= 11 is 0. The molecule has 0 N–H and O–H groups in total. The smallest absolute Gasteiger partial charge is 0.338 e. The molecule has 1 aromatic carbocycles. The zero-order chi connectivity index (χ0) is 23.2. The Bertz CT molecular complexity index is 1060. The molecular weight excluding hydrogens is 414 g/mol. The van der Waals surface area contributed by atoms with Crippen LogP contribution in [0.5, 0.6) is 0 Å². The molecule has 2 aliphatic heterocycles.